The van der Waals surface area contributed by atoms with Crippen molar-refractivity contribution in [2.75, 3.05) is 0 Å². The molecule has 1 N–H and O–H groups in total. The molecule has 0 heterocycles. The summed E-state index contributed by atoms with van der Waals surface area (Å²) in [6, 6.07) is 6.54. The average molecular weight is 289 g/mol. The van der Waals surface area contributed by atoms with Gasteiger partial charge in [-0.05, 0) is 49.8 Å². The van der Waals surface area contributed by atoms with Gasteiger partial charge < -0.3 is 10.1 Å². The van der Waals surface area contributed by atoms with Gasteiger partial charge in [0.1, 0.15) is 5.75 Å². The molecule has 1 aliphatic carbocycles. The Balaban J connectivity index is 2.02. The molecule has 1 fully saturated rings. The van der Waals surface area contributed by atoms with Crippen molar-refractivity contribution in [1.29, 1.82) is 0 Å². The highest BCUT2D eigenvalue weighted by atomic mass is 16.5. The van der Waals surface area contributed by atoms with Gasteiger partial charge in [-0.15, -0.1) is 0 Å². The standard InChI is InChI=1S/C18H27NO2/c1-12(2)16-10-9-13(3)11-17(16)21-14(4)18(20)19-15-7-5-6-8-15/h9-12,14-15H,5-8H2,1-4H3,(H,19,20)/t14-/m1/s1. The zero-order chi connectivity index (χ0) is 15.4. The second kappa shape index (κ2) is 6.97. The van der Waals surface area contributed by atoms with Gasteiger partial charge in [0.15, 0.2) is 6.10 Å². The first-order chi connectivity index (χ1) is 9.97. The molecule has 3 nitrogen and oxygen atoms in total. The molecule has 3 heteroatoms. The molecule has 1 aromatic carbocycles. The second-order valence-electron chi connectivity index (χ2n) is 6.45. The van der Waals surface area contributed by atoms with Crippen LogP contribution in [0, 0.1) is 6.92 Å². The minimum atomic E-state index is -0.454. The van der Waals surface area contributed by atoms with E-state index in [2.05, 4.69) is 31.3 Å². The lowest BCUT2D eigenvalue weighted by atomic mass is 10.0. The summed E-state index contributed by atoms with van der Waals surface area (Å²) in [5.41, 5.74) is 2.30. The molecular weight excluding hydrogens is 262 g/mol. The highest BCUT2D eigenvalue weighted by molar-refractivity contribution is 5.81. The monoisotopic (exact) mass is 289 g/mol. The Labute approximate surface area is 128 Å². The largest absolute Gasteiger partial charge is 0.481 e. The fraction of sp³-hybridized carbons (Fsp3) is 0.611. The highest BCUT2D eigenvalue weighted by Crippen LogP contribution is 2.28. The summed E-state index contributed by atoms with van der Waals surface area (Å²) in [5, 5.41) is 3.10. The van der Waals surface area contributed by atoms with Crippen LogP contribution in [0.5, 0.6) is 5.75 Å². The first-order valence-corrected chi connectivity index (χ1v) is 8.05. The number of ether oxygens (including phenoxy) is 1. The van der Waals surface area contributed by atoms with Crippen LogP contribution in [-0.4, -0.2) is 18.1 Å². The summed E-state index contributed by atoms with van der Waals surface area (Å²) in [7, 11) is 0. The van der Waals surface area contributed by atoms with Crippen molar-refractivity contribution >= 4 is 5.91 Å². The Morgan fingerprint density at radius 1 is 1.24 bits per heavy atom. The van der Waals surface area contributed by atoms with Crippen molar-refractivity contribution in [3.05, 3.63) is 29.3 Å². The van der Waals surface area contributed by atoms with Crippen LogP contribution in [0.2, 0.25) is 0 Å². The third-order valence-corrected chi connectivity index (χ3v) is 4.17. The normalized spacial score (nSPS) is 17.0. The molecule has 0 aliphatic heterocycles. The summed E-state index contributed by atoms with van der Waals surface area (Å²) in [4.78, 5) is 12.2. The van der Waals surface area contributed by atoms with Crippen molar-refractivity contribution in [1.82, 2.24) is 5.32 Å². The average Bonchev–Trinajstić information content (AvgIpc) is 2.91. The van der Waals surface area contributed by atoms with E-state index in [0.717, 1.165) is 29.7 Å². The van der Waals surface area contributed by atoms with Crippen LogP contribution < -0.4 is 10.1 Å². The van der Waals surface area contributed by atoms with Crippen molar-refractivity contribution in [2.24, 2.45) is 0 Å². The molecule has 1 aliphatic rings. The van der Waals surface area contributed by atoms with Gasteiger partial charge in [-0.25, -0.2) is 0 Å². The molecule has 1 amide bonds. The van der Waals surface area contributed by atoms with E-state index < -0.39 is 6.10 Å². The van der Waals surface area contributed by atoms with E-state index >= 15 is 0 Å². The van der Waals surface area contributed by atoms with E-state index in [-0.39, 0.29) is 5.91 Å². The SMILES string of the molecule is Cc1ccc(C(C)C)c(O[C@H](C)C(=O)NC2CCCC2)c1. The van der Waals surface area contributed by atoms with Crippen LogP contribution in [0.15, 0.2) is 18.2 Å². The van der Waals surface area contributed by atoms with Gasteiger partial charge in [0.2, 0.25) is 0 Å². The van der Waals surface area contributed by atoms with Crippen molar-refractivity contribution in [2.45, 2.75) is 71.4 Å². The van der Waals surface area contributed by atoms with Crippen LogP contribution in [0.1, 0.15) is 63.5 Å². The lowest BCUT2D eigenvalue weighted by Gasteiger charge is -2.21. The molecule has 0 unspecified atom stereocenters. The van der Waals surface area contributed by atoms with Crippen LogP contribution in [-0.2, 0) is 4.79 Å². The van der Waals surface area contributed by atoms with E-state index in [9.17, 15) is 4.79 Å². The summed E-state index contributed by atoms with van der Waals surface area (Å²) < 4.78 is 5.95. The molecule has 0 aromatic heterocycles. The molecule has 1 aromatic rings. The van der Waals surface area contributed by atoms with Crippen LogP contribution in [0.3, 0.4) is 0 Å². The smallest absolute Gasteiger partial charge is 0.260 e. The molecule has 2 rings (SSSR count). The van der Waals surface area contributed by atoms with E-state index in [0.29, 0.717) is 12.0 Å². The Hall–Kier alpha value is -1.51. The summed E-state index contributed by atoms with van der Waals surface area (Å²) >= 11 is 0. The zero-order valence-corrected chi connectivity index (χ0v) is 13.6. The molecule has 0 radical (unpaired) electrons. The van der Waals surface area contributed by atoms with Gasteiger partial charge in [0, 0.05) is 6.04 Å². The maximum absolute atomic E-state index is 12.2. The van der Waals surface area contributed by atoms with Gasteiger partial charge >= 0.3 is 0 Å². The van der Waals surface area contributed by atoms with Crippen molar-refractivity contribution < 1.29 is 9.53 Å². The zero-order valence-electron chi connectivity index (χ0n) is 13.6. The van der Waals surface area contributed by atoms with Crippen LogP contribution >= 0.6 is 0 Å². The number of benzene rings is 1. The third-order valence-electron chi connectivity index (χ3n) is 4.17. The highest BCUT2D eigenvalue weighted by Gasteiger charge is 2.22. The molecule has 0 bridgehead atoms. The lowest BCUT2D eigenvalue weighted by molar-refractivity contribution is -0.128. The minimum Gasteiger partial charge on any atom is -0.481 e. The van der Waals surface area contributed by atoms with Gasteiger partial charge in [-0.1, -0.05) is 38.8 Å². The number of amides is 1. The number of rotatable bonds is 5. The molecule has 21 heavy (non-hydrogen) atoms. The third kappa shape index (κ3) is 4.23. The molecular formula is C18H27NO2. The first kappa shape index (κ1) is 15.9. The number of hydrogen-bond donors (Lipinski definition) is 1. The van der Waals surface area contributed by atoms with Crippen LogP contribution in [0.25, 0.3) is 0 Å². The lowest BCUT2D eigenvalue weighted by Crippen LogP contribution is -2.41. The number of aryl methyl sites for hydroxylation is 1. The first-order valence-electron chi connectivity index (χ1n) is 8.05. The van der Waals surface area contributed by atoms with Gasteiger partial charge in [0.05, 0.1) is 0 Å². The van der Waals surface area contributed by atoms with E-state index in [1.54, 1.807) is 0 Å². The fourth-order valence-corrected chi connectivity index (χ4v) is 2.85. The van der Waals surface area contributed by atoms with E-state index in [4.69, 9.17) is 4.74 Å². The molecule has 1 atom stereocenters. The minimum absolute atomic E-state index is 0.00175. The van der Waals surface area contributed by atoms with E-state index in [1.807, 2.05) is 19.9 Å². The Kier molecular flexibility index (Phi) is 5.27. The van der Waals surface area contributed by atoms with E-state index in [1.165, 1.54) is 12.8 Å². The molecule has 0 spiro atoms. The Morgan fingerprint density at radius 3 is 2.52 bits per heavy atom. The number of hydrogen-bond acceptors (Lipinski definition) is 2. The predicted molar refractivity (Wildman–Crippen MR) is 85.8 cm³/mol. The summed E-state index contributed by atoms with van der Waals surface area (Å²) in [5.74, 6) is 1.21. The van der Waals surface area contributed by atoms with Gasteiger partial charge in [0.25, 0.3) is 5.91 Å². The summed E-state index contributed by atoms with van der Waals surface area (Å²) in [6.07, 6.45) is 4.18. The summed E-state index contributed by atoms with van der Waals surface area (Å²) in [6.45, 7) is 8.15. The molecule has 1 saturated carbocycles. The quantitative estimate of drug-likeness (QED) is 0.891. The molecule has 0 saturated heterocycles. The fourth-order valence-electron chi connectivity index (χ4n) is 2.85. The topological polar surface area (TPSA) is 38.3 Å². The number of carbonyl (C=O) groups excluding carboxylic acids is 1. The van der Waals surface area contributed by atoms with Gasteiger partial charge in [-0.2, -0.15) is 0 Å². The number of nitrogens with one attached hydrogen (secondary N) is 1. The Bertz CT molecular complexity index is 490. The predicted octanol–water partition coefficient (Wildman–Crippen LogP) is 3.94. The maximum atomic E-state index is 12.2. The Morgan fingerprint density at radius 2 is 1.90 bits per heavy atom. The van der Waals surface area contributed by atoms with Gasteiger partial charge in [-0.3, -0.25) is 4.79 Å². The second-order valence-corrected chi connectivity index (χ2v) is 6.45. The van der Waals surface area contributed by atoms with Crippen molar-refractivity contribution in [3.63, 3.8) is 0 Å². The molecule has 116 valence electrons. The number of carbonyl (C=O) groups is 1. The van der Waals surface area contributed by atoms with Crippen molar-refractivity contribution in [3.8, 4) is 5.75 Å². The van der Waals surface area contributed by atoms with Crippen LogP contribution in [0.4, 0.5) is 0 Å². The maximum Gasteiger partial charge on any atom is 0.260 e.